The van der Waals surface area contributed by atoms with E-state index in [0.717, 1.165) is 37.7 Å². The third-order valence-electron chi connectivity index (χ3n) is 5.02. The molecule has 25 heavy (non-hydrogen) atoms. The fourth-order valence-electron chi connectivity index (χ4n) is 3.42. The Morgan fingerprint density at radius 1 is 1.12 bits per heavy atom. The van der Waals surface area contributed by atoms with Gasteiger partial charge in [0, 0.05) is 0 Å². The summed E-state index contributed by atoms with van der Waals surface area (Å²) in [7, 11) is 0. The lowest BCUT2D eigenvalue weighted by Crippen LogP contribution is -2.35. The van der Waals surface area contributed by atoms with E-state index in [2.05, 4.69) is 26.0 Å². The molecule has 0 aliphatic heterocycles. The van der Waals surface area contributed by atoms with Gasteiger partial charge in [0.15, 0.2) is 0 Å². The second-order valence-electron chi connectivity index (χ2n) is 7.10. The smallest absolute Gasteiger partial charge is 0.434 e. The highest BCUT2D eigenvalue weighted by Crippen LogP contribution is 2.38. The molecule has 1 aromatic carbocycles. The van der Waals surface area contributed by atoms with E-state index in [1.54, 1.807) is 0 Å². The van der Waals surface area contributed by atoms with Crippen LogP contribution in [-0.4, -0.2) is 24.0 Å². The van der Waals surface area contributed by atoms with Crippen LogP contribution >= 0.6 is 0 Å². The molecule has 0 atom stereocenters. The first-order valence-electron chi connectivity index (χ1n) is 9.72. The van der Waals surface area contributed by atoms with Gasteiger partial charge in [-0.15, -0.1) is 0 Å². The third-order valence-corrected chi connectivity index (χ3v) is 5.02. The van der Waals surface area contributed by atoms with Crippen LogP contribution in [-0.2, 0) is 21.5 Å². The number of aryl methyl sites for hydroxylation is 1. The molecule has 1 aliphatic rings. The van der Waals surface area contributed by atoms with Crippen molar-refractivity contribution in [3.63, 3.8) is 0 Å². The molecule has 0 saturated heterocycles. The quantitative estimate of drug-likeness (QED) is 0.524. The molecule has 4 nitrogen and oxygen atoms in total. The highest BCUT2D eigenvalue weighted by molar-refractivity contribution is 5.60. The van der Waals surface area contributed by atoms with Gasteiger partial charge in [-0.1, -0.05) is 57.4 Å². The zero-order valence-corrected chi connectivity index (χ0v) is 15.6. The lowest BCUT2D eigenvalue weighted by Gasteiger charge is -2.36. The highest BCUT2D eigenvalue weighted by Gasteiger charge is 2.36. The molecule has 0 bridgehead atoms. The van der Waals surface area contributed by atoms with E-state index in [1.807, 2.05) is 12.1 Å². The minimum Gasteiger partial charge on any atom is -0.434 e. The lowest BCUT2D eigenvalue weighted by atomic mass is 9.78. The first-order chi connectivity index (χ1) is 12.1. The fraction of sp³-hybridized carbons (Fsp3) is 0.667. The Morgan fingerprint density at radius 2 is 1.80 bits per heavy atom. The molecular weight excluding hydrogens is 316 g/mol. The van der Waals surface area contributed by atoms with E-state index in [0.29, 0.717) is 32.3 Å². The van der Waals surface area contributed by atoms with Crippen LogP contribution in [0.1, 0.15) is 76.3 Å². The first-order valence-corrected chi connectivity index (χ1v) is 9.72. The maximum atomic E-state index is 11.7. The summed E-state index contributed by atoms with van der Waals surface area (Å²) in [6.45, 7) is 4.70. The number of aliphatic hydroxyl groups is 1. The zero-order chi connectivity index (χ0) is 18.1. The molecule has 4 heteroatoms. The van der Waals surface area contributed by atoms with Gasteiger partial charge in [0.25, 0.3) is 0 Å². The average Bonchev–Trinajstić information content (AvgIpc) is 2.62. The summed E-state index contributed by atoms with van der Waals surface area (Å²) in [6.07, 6.45) is 7.03. The molecule has 1 aromatic rings. The van der Waals surface area contributed by atoms with E-state index in [4.69, 9.17) is 9.47 Å². The van der Waals surface area contributed by atoms with Crippen molar-refractivity contribution < 1.29 is 19.4 Å². The molecule has 0 amide bonds. The number of carbonyl (C=O) groups is 1. The van der Waals surface area contributed by atoms with Crippen LogP contribution in [0.2, 0.25) is 0 Å². The Morgan fingerprint density at radius 3 is 2.40 bits per heavy atom. The maximum Gasteiger partial charge on any atom is 0.508 e. The topological polar surface area (TPSA) is 55.8 Å². The fourth-order valence-corrected chi connectivity index (χ4v) is 3.42. The number of hydrogen-bond acceptors (Lipinski definition) is 4. The Kier molecular flexibility index (Phi) is 7.76. The van der Waals surface area contributed by atoms with Crippen molar-refractivity contribution in [3.05, 3.63) is 35.4 Å². The molecule has 1 aliphatic carbocycles. The molecular formula is C21H32O4. The second kappa shape index (κ2) is 9.81. The summed E-state index contributed by atoms with van der Waals surface area (Å²) in [6, 6.07) is 8.28. The summed E-state index contributed by atoms with van der Waals surface area (Å²) < 4.78 is 10.5. The van der Waals surface area contributed by atoms with E-state index in [1.165, 1.54) is 5.56 Å². The molecule has 140 valence electrons. The molecule has 0 spiro atoms. The number of rotatable bonds is 8. The first kappa shape index (κ1) is 19.8. The SMILES string of the molecule is CCCCCOC(=O)OC1CCC(O)(c2ccc(CCC)cc2)CC1. The monoisotopic (exact) mass is 348 g/mol. The predicted molar refractivity (Wildman–Crippen MR) is 98.5 cm³/mol. The van der Waals surface area contributed by atoms with Gasteiger partial charge in [0.2, 0.25) is 0 Å². The number of ether oxygens (including phenoxy) is 2. The number of benzene rings is 1. The van der Waals surface area contributed by atoms with Crippen LogP contribution in [0.5, 0.6) is 0 Å². The van der Waals surface area contributed by atoms with E-state index < -0.39 is 11.8 Å². The summed E-state index contributed by atoms with van der Waals surface area (Å²) in [4.78, 5) is 11.7. The van der Waals surface area contributed by atoms with Crippen molar-refractivity contribution in [3.8, 4) is 0 Å². The number of unbranched alkanes of at least 4 members (excludes halogenated alkanes) is 2. The minimum absolute atomic E-state index is 0.154. The average molecular weight is 348 g/mol. The van der Waals surface area contributed by atoms with Crippen molar-refractivity contribution in [2.75, 3.05) is 6.61 Å². The molecule has 0 aromatic heterocycles. The highest BCUT2D eigenvalue weighted by atomic mass is 16.7. The van der Waals surface area contributed by atoms with Gasteiger partial charge in [0.05, 0.1) is 12.2 Å². The van der Waals surface area contributed by atoms with Gasteiger partial charge in [-0.25, -0.2) is 4.79 Å². The van der Waals surface area contributed by atoms with Crippen molar-refractivity contribution in [1.82, 2.24) is 0 Å². The largest absolute Gasteiger partial charge is 0.508 e. The predicted octanol–water partition coefficient (Wildman–Crippen LogP) is 5.11. The third kappa shape index (κ3) is 6.03. The Bertz CT molecular complexity index is 515. The van der Waals surface area contributed by atoms with Gasteiger partial charge in [-0.05, 0) is 49.7 Å². The maximum absolute atomic E-state index is 11.7. The summed E-state index contributed by atoms with van der Waals surface area (Å²) >= 11 is 0. The molecule has 1 N–H and O–H groups in total. The van der Waals surface area contributed by atoms with Gasteiger partial charge in [0.1, 0.15) is 6.10 Å². The lowest BCUT2D eigenvalue weighted by molar-refractivity contribution is -0.0538. The Balaban J connectivity index is 1.78. The van der Waals surface area contributed by atoms with Crippen LogP contribution in [0, 0.1) is 0 Å². The van der Waals surface area contributed by atoms with Crippen molar-refractivity contribution >= 4 is 6.16 Å². The van der Waals surface area contributed by atoms with Gasteiger partial charge in [-0.3, -0.25) is 0 Å². The molecule has 0 heterocycles. The summed E-state index contributed by atoms with van der Waals surface area (Å²) in [5.74, 6) is 0. The summed E-state index contributed by atoms with van der Waals surface area (Å²) in [5, 5.41) is 10.9. The van der Waals surface area contributed by atoms with Crippen LogP contribution in [0.15, 0.2) is 24.3 Å². The second-order valence-corrected chi connectivity index (χ2v) is 7.10. The van der Waals surface area contributed by atoms with Crippen molar-refractivity contribution in [2.24, 2.45) is 0 Å². The summed E-state index contributed by atoms with van der Waals surface area (Å²) in [5.41, 5.74) is 1.46. The Hall–Kier alpha value is -1.55. The van der Waals surface area contributed by atoms with Gasteiger partial charge >= 0.3 is 6.16 Å². The van der Waals surface area contributed by atoms with E-state index in [9.17, 15) is 9.90 Å². The van der Waals surface area contributed by atoms with Crippen LogP contribution in [0.3, 0.4) is 0 Å². The molecule has 1 fully saturated rings. The van der Waals surface area contributed by atoms with Crippen LogP contribution < -0.4 is 0 Å². The molecule has 0 unspecified atom stereocenters. The number of hydrogen-bond donors (Lipinski definition) is 1. The van der Waals surface area contributed by atoms with Crippen LogP contribution in [0.25, 0.3) is 0 Å². The normalized spacial score (nSPS) is 23.2. The molecule has 0 radical (unpaired) electrons. The zero-order valence-electron chi connectivity index (χ0n) is 15.6. The van der Waals surface area contributed by atoms with E-state index >= 15 is 0 Å². The van der Waals surface area contributed by atoms with Gasteiger partial charge in [-0.2, -0.15) is 0 Å². The van der Waals surface area contributed by atoms with E-state index in [-0.39, 0.29) is 6.10 Å². The van der Waals surface area contributed by atoms with Crippen LogP contribution in [0.4, 0.5) is 4.79 Å². The van der Waals surface area contributed by atoms with Crippen molar-refractivity contribution in [2.45, 2.75) is 83.3 Å². The Labute approximate surface area is 151 Å². The minimum atomic E-state index is -0.810. The number of carbonyl (C=O) groups excluding carboxylic acids is 1. The molecule has 1 saturated carbocycles. The van der Waals surface area contributed by atoms with Gasteiger partial charge < -0.3 is 14.6 Å². The standard InChI is InChI=1S/C21H32O4/c1-3-5-6-16-24-20(22)25-19-12-14-21(23,15-13-19)18-10-8-17(7-4-2)9-11-18/h8-11,19,23H,3-7,12-16H2,1-2H3. The van der Waals surface area contributed by atoms with Crippen molar-refractivity contribution in [1.29, 1.82) is 0 Å². The molecule has 2 rings (SSSR count).